The SMILES string of the molecule is Cc1sc(CNc2cccc(C(=O)NC3CC3)c2)cc1Br. The topological polar surface area (TPSA) is 41.1 Å². The second-order valence-electron chi connectivity index (χ2n) is 5.30. The maximum Gasteiger partial charge on any atom is 0.251 e. The Kier molecular flexibility index (Phi) is 4.31. The van der Waals surface area contributed by atoms with Crippen LogP contribution in [0.15, 0.2) is 34.8 Å². The number of aryl methyl sites for hydroxylation is 1. The van der Waals surface area contributed by atoms with E-state index in [1.165, 1.54) is 9.75 Å². The van der Waals surface area contributed by atoms with Gasteiger partial charge in [0.1, 0.15) is 0 Å². The highest BCUT2D eigenvalue weighted by Crippen LogP contribution is 2.27. The van der Waals surface area contributed by atoms with Gasteiger partial charge in [-0.25, -0.2) is 0 Å². The van der Waals surface area contributed by atoms with Gasteiger partial charge in [0, 0.05) is 38.1 Å². The number of hydrogen-bond donors (Lipinski definition) is 2. The second-order valence-corrected chi connectivity index (χ2v) is 7.49. The molecule has 3 rings (SSSR count). The van der Waals surface area contributed by atoms with Crippen LogP contribution in [0.3, 0.4) is 0 Å². The van der Waals surface area contributed by atoms with Gasteiger partial charge in [-0.2, -0.15) is 0 Å². The molecule has 5 heteroatoms. The highest BCUT2D eigenvalue weighted by Gasteiger charge is 2.23. The highest BCUT2D eigenvalue weighted by atomic mass is 79.9. The number of nitrogens with one attached hydrogen (secondary N) is 2. The molecule has 21 heavy (non-hydrogen) atoms. The van der Waals surface area contributed by atoms with Gasteiger partial charge < -0.3 is 10.6 Å². The Labute approximate surface area is 136 Å². The monoisotopic (exact) mass is 364 g/mol. The van der Waals surface area contributed by atoms with E-state index in [0.29, 0.717) is 6.04 Å². The lowest BCUT2D eigenvalue weighted by atomic mass is 10.2. The molecule has 2 aromatic rings. The molecule has 0 bridgehead atoms. The van der Waals surface area contributed by atoms with Crippen LogP contribution in [0.2, 0.25) is 0 Å². The molecule has 1 aliphatic carbocycles. The average Bonchev–Trinajstić information content (AvgIpc) is 3.22. The smallest absolute Gasteiger partial charge is 0.251 e. The molecule has 0 spiro atoms. The maximum absolute atomic E-state index is 12.0. The summed E-state index contributed by atoms with van der Waals surface area (Å²) in [5.41, 5.74) is 1.69. The zero-order chi connectivity index (χ0) is 14.8. The molecule has 1 fully saturated rings. The summed E-state index contributed by atoms with van der Waals surface area (Å²) in [6, 6.07) is 10.2. The first-order valence-corrected chi connectivity index (χ1v) is 8.62. The van der Waals surface area contributed by atoms with Crippen LogP contribution in [-0.4, -0.2) is 11.9 Å². The largest absolute Gasteiger partial charge is 0.380 e. The molecule has 0 aliphatic heterocycles. The van der Waals surface area contributed by atoms with Crippen LogP contribution in [0, 0.1) is 6.92 Å². The molecule has 1 heterocycles. The Hall–Kier alpha value is -1.33. The number of rotatable bonds is 5. The number of anilines is 1. The van der Waals surface area contributed by atoms with Crippen molar-refractivity contribution in [1.29, 1.82) is 0 Å². The van der Waals surface area contributed by atoms with Gasteiger partial charge in [0.2, 0.25) is 0 Å². The van der Waals surface area contributed by atoms with Crippen molar-refractivity contribution < 1.29 is 4.79 Å². The van der Waals surface area contributed by atoms with Crippen LogP contribution in [0.4, 0.5) is 5.69 Å². The van der Waals surface area contributed by atoms with Gasteiger partial charge in [0.25, 0.3) is 5.91 Å². The molecule has 110 valence electrons. The third-order valence-corrected chi connectivity index (χ3v) is 5.55. The minimum Gasteiger partial charge on any atom is -0.380 e. The van der Waals surface area contributed by atoms with Crippen LogP contribution in [0.25, 0.3) is 0 Å². The highest BCUT2D eigenvalue weighted by molar-refractivity contribution is 9.10. The van der Waals surface area contributed by atoms with Gasteiger partial charge in [0.05, 0.1) is 0 Å². The van der Waals surface area contributed by atoms with Crippen LogP contribution in [0.5, 0.6) is 0 Å². The maximum atomic E-state index is 12.0. The van der Waals surface area contributed by atoms with Gasteiger partial charge >= 0.3 is 0 Å². The molecule has 0 atom stereocenters. The van der Waals surface area contributed by atoms with Gasteiger partial charge in [-0.1, -0.05) is 6.07 Å². The quantitative estimate of drug-likeness (QED) is 0.829. The van der Waals surface area contributed by atoms with E-state index >= 15 is 0 Å². The first kappa shape index (κ1) is 14.6. The standard InChI is InChI=1S/C16H17BrN2OS/c1-10-15(17)8-14(21-10)9-18-13-4-2-3-11(7-13)16(20)19-12-5-6-12/h2-4,7-8,12,18H,5-6,9H2,1H3,(H,19,20). The fourth-order valence-corrected chi connectivity index (χ4v) is 3.60. The Morgan fingerprint density at radius 1 is 1.38 bits per heavy atom. The first-order valence-electron chi connectivity index (χ1n) is 7.01. The number of benzene rings is 1. The number of halogens is 1. The summed E-state index contributed by atoms with van der Waals surface area (Å²) in [5.74, 6) is 0.0239. The summed E-state index contributed by atoms with van der Waals surface area (Å²) in [6.45, 7) is 2.87. The van der Waals surface area contributed by atoms with E-state index in [1.807, 2.05) is 24.3 Å². The molecule has 1 aromatic carbocycles. The van der Waals surface area contributed by atoms with E-state index in [-0.39, 0.29) is 5.91 Å². The van der Waals surface area contributed by atoms with Crippen molar-refractivity contribution in [3.8, 4) is 0 Å². The summed E-state index contributed by atoms with van der Waals surface area (Å²) in [5, 5.41) is 6.39. The zero-order valence-corrected chi connectivity index (χ0v) is 14.2. The van der Waals surface area contributed by atoms with Crippen molar-refractivity contribution >= 4 is 38.9 Å². The Balaban J connectivity index is 1.63. The van der Waals surface area contributed by atoms with Gasteiger partial charge in [-0.15, -0.1) is 11.3 Å². The fourth-order valence-electron chi connectivity index (χ4n) is 2.06. The summed E-state index contributed by atoms with van der Waals surface area (Å²) in [6.07, 6.45) is 2.21. The molecule has 1 aromatic heterocycles. The van der Waals surface area contributed by atoms with Crippen molar-refractivity contribution in [1.82, 2.24) is 5.32 Å². The van der Waals surface area contributed by atoms with Gasteiger partial charge in [-0.05, 0) is 60.0 Å². The number of carbonyl (C=O) groups excluding carboxylic acids is 1. The number of carbonyl (C=O) groups is 1. The van der Waals surface area contributed by atoms with Crippen LogP contribution in [0.1, 0.15) is 33.0 Å². The number of thiophene rings is 1. The summed E-state index contributed by atoms with van der Waals surface area (Å²) >= 11 is 5.30. The van der Waals surface area contributed by atoms with Crippen LogP contribution >= 0.6 is 27.3 Å². The molecule has 0 unspecified atom stereocenters. The number of hydrogen-bond acceptors (Lipinski definition) is 3. The van der Waals surface area contributed by atoms with E-state index < -0.39 is 0 Å². The molecule has 0 radical (unpaired) electrons. The van der Waals surface area contributed by atoms with Crippen molar-refractivity contribution in [3.05, 3.63) is 50.1 Å². The van der Waals surface area contributed by atoms with Crippen molar-refractivity contribution in [2.45, 2.75) is 32.4 Å². The molecule has 1 saturated carbocycles. The molecule has 1 amide bonds. The van der Waals surface area contributed by atoms with E-state index in [0.717, 1.165) is 35.1 Å². The van der Waals surface area contributed by atoms with Crippen LogP contribution < -0.4 is 10.6 Å². The summed E-state index contributed by atoms with van der Waals surface area (Å²) in [4.78, 5) is 14.6. The van der Waals surface area contributed by atoms with Gasteiger partial charge in [0.15, 0.2) is 0 Å². The Morgan fingerprint density at radius 3 is 2.86 bits per heavy atom. The summed E-state index contributed by atoms with van der Waals surface area (Å²) in [7, 11) is 0. The minimum absolute atomic E-state index is 0.0239. The molecule has 1 aliphatic rings. The third-order valence-electron chi connectivity index (χ3n) is 3.41. The van der Waals surface area contributed by atoms with E-state index in [4.69, 9.17) is 0 Å². The Morgan fingerprint density at radius 2 is 2.19 bits per heavy atom. The normalized spacial score (nSPS) is 14.0. The van der Waals surface area contributed by atoms with E-state index in [1.54, 1.807) is 11.3 Å². The van der Waals surface area contributed by atoms with Crippen molar-refractivity contribution in [2.75, 3.05) is 5.32 Å². The molecule has 3 nitrogen and oxygen atoms in total. The molecular weight excluding hydrogens is 348 g/mol. The molecule has 2 N–H and O–H groups in total. The first-order chi connectivity index (χ1) is 10.1. The van der Waals surface area contributed by atoms with Crippen molar-refractivity contribution in [2.24, 2.45) is 0 Å². The van der Waals surface area contributed by atoms with Crippen LogP contribution in [-0.2, 0) is 6.54 Å². The van der Waals surface area contributed by atoms with E-state index in [2.05, 4.69) is 39.6 Å². The fraction of sp³-hybridized carbons (Fsp3) is 0.312. The van der Waals surface area contributed by atoms with Crippen molar-refractivity contribution in [3.63, 3.8) is 0 Å². The predicted molar refractivity (Wildman–Crippen MR) is 91.0 cm³/mol. The van der Waals surface area contributed by atoms with Gasteiger partial charge in [-0.3, -0.25) is 4.79 Å². The lowest BCUT2D eigenvalue weighted by Gasteiger charge is -2.08. The Bertz CT molecular complexity index is 645. The zero-order valence-electron chi connectivity index (χ0n) is 11.8. The second kappa shape index (κ2) is 6.20. The van der Waals surface area contributed by atoms with E-state index in [9.17, 15) is 4.79 Å². The number of amides is 1. The molecule has 0 saturated heterocycles. The third kappa shape index (κ3) is 3.86. The lowest BCUT2D eigenvalue weighted by Crippen LogP contribution is -2.25. The summed E-state index contributed by atoms with van der Waals surface area (Å²) < 4.78 is 1.15. The average molecular weight is 365 g/mol. The lowest BCUT2D eigenvalue weighted by molar-refractivity contribution is 0.0951. The minimum atomic E-state index is 0.0239. The molecular formula is C16H17BrN2OS. The predicted octanol–water partition coefficient (Wildman–Crippen LogP) is 4.32.